The zero-order valence-electron chi connectivity index (χ0n) is 8.34. The fourth-order valence-corrected chi connectivity index (χ4v) is 2.16. The number of benzene rings is 1. The van der Waals surface area contributed by atoms with Gasteiger partial charge in [0.2, 0.25) is 9.05 Å². The molecule has 0 aliphatic carbocycles. The maximum Gasteiger partial charge on any atom is 0.236 e. The van der Waals surface area contributed by atoms with Crippen LogP contribution in [0.4, 0.5) is 8.78 Å². The Bertz CT molecular complexity index is 465. The maximum atomic E-state index is 13.3. The van der Waals surface area contributed by atoms with E-state index in [4.69, 9.17) is 10.7 Å². The van der Waals surface area contributed by atoms with Crippen molar-refractivity contribution in [3.63, 3.8) is 0 Å². The fraction of sp³-hybridized carbons (Fsp3) is 0.333. The van der Waals surface area contributed by atoms with Gasteiger partial charge in [-0.25, -0.2) is 17.2 Å². The predicted octanol–water partition coefficient (Wildman–Crippen LogP) is 2.18. The molecule has 0 bridgehead atoms. The third-order valence-corrected chi connectivity index (χ3v) is 2.83. The molecule has 0 aliphatic heterocycles. The predicted molar refractivity (Wildman–Crippen MR) is 55.5 cm³/mol. The molecule has 16 heavy (non-hydrogen) atoms. The topological polar surface area (TPSA) is 43.4 Å². The fourth-order valence-electron chi connectivity index (χ4n) is 1.22. The van der Waals surface area contributed by atoms with Crippen LogP contribution in [0.25, 0.3) is 0 Å². The molecular weight excluding hydrogens is 262 g/mol. The second kappa shape index (κ2) is 5.07. The molecule has 0 saturated carbocycles. The van der Waals surface area contributed by atoms with Gasteiger partial charge in [-0.1, -0.05) is 0 Å². The normalized spacial score (nSPS) is 11.8. The Hall–Kier alpha value is -0.720. The molecule has 1 aromatic carbocycles. The lowest BCUT2D eigenvalue weighted by atomic mass is 10.1. The number of rotatable bonds is 4. The highest BCUT2D eigenvalue weighted by Crippen LogP contribution is 2.19. The highest BCUT2D eigenvalue weighted by atomic mass is 35.7. The summed E-state index contributed by atoms with van der Waals surface area (Å²) in [6, 6.07) is 1.86. The van der Waals surface area contributed by atoms with Crippen LogP contribution in [-0.4, -0.2) is 15.5 Å². The number of hydrogen-bond donors (Lipinski definition) is 0. The summed E-state index contributed by atoms with van der Waals surface area (Å²) in [6.45, 7) is -0.217. The Balaban J connectivity index is 3.09. The van der Waals surface area contributed by atoms with Crippen molar-refractivity contribution < 1.29 is 21.9 Å². The summed E-state index contributed by atoms with van der Waals surface area (Å²) in [6.07, 6.45) is 0. The lowest BCUT2D eigenvalue weighted by Crippen LogP contribution is -2.02. The Labute approximate surface area is 96.4 Å². The second-order valence-corrected chi connectivity index (χ2v) is 5.93. The standard InChI is InChI=1S/C9H9ClF2O3S/c1-15-4-7-8(11)2-6(3-9(7)12)5-16(10,13)14/h2-3H,4-5H2,1H3. The van der Waals surface area contributed by atoms with Crippen LogP contribution in [0, 0.1) is 11.6 Å². The molecule has 0 aliphatic rings. The zero-order chi connectivity index (χ0) is 12.3. The first-order valence-corrected chi connectivity index (χ1v) is 6.69. The zero-order valence-corrected chi connectivity index (χ0v) is 9.91. The molecule has 7 heteroatoms. The van der Waals surface area contributed by atoms with Crippen LogP contribution in [0.1, 0.15) is 11.1 Å². The summed E-state index contributed by atoms with van der Waals surface area (Å²) >= 11 is 0. The smallest absolute Gasteiger partial charge is 0.236 e. The van der Waals surface area contributed by atoms with Gasteiger partial charge < -0.3 is 4.74 Å². The summed E-state index contributed by atoms with van der Waals surface area (Å²) < 4.78 is 52.7. The van der Waals surface area contributed by atoms with Crippen molar-refractivity contribution in [3.05, 3.63) is 34.9 Å². The van der Waals surface area contributed by atoms with E-state index in [9.17, 15) is 17.2 Å². The summed E-state index contributed by atoms with van der Waals surface area (Å²) in [7, 11) is 2.45. The van der Waals surface area contributed by atoms with Crippen molar-refractivity contribution in [1.82, 2.24) is 0 Å². The largest absolute Gasteiger partial charge is 0.380 e. The lowest BCUT2D eigenvalue weighted by Gasteiger charge is -2.06. The van der Waals surface area contributed by atoms with Gasteiger partial charge >= 0.3 is 0 Å². The van der Waals surface area contributed by atoms with Gasteiger partial charge in [0.05, 0.1) is 12.4 Å². The van der Waals surface area contributed by atoms with Crippen molar-refractivity contribution >= 4 is 19.7 Å². The van der Waals surface area contributed by atoms with Crippen LogP contribution in [0.15, 0.2) is 12.1 Å². The molecule has 0 fully saturated rings. The van der Waals surface area contributed by atoms with E-state index >= 15 is 0 Å². The minimum Gasteiger partial charge on any atom is -0.380 e. The van der Waals surface area contributed by atoms with E-state index in [1.54, 1.807) is 0 Å². The Morgan fingerprint density at radius 1 is 1.31 bits per heavy atom. The van der Waals surface area contributed by atoms with Crippen molar-refractivity contribution in [3.8, 4) is 0 Å². The van der Waals surface area contributed by atoms with Crippen LogP contribution in [-0.2, 0) is 26.1 Å². The molecule has 0 aromatic heterocycles. The first-order valence-electron chi connectivity index (χ1n) is 4.21. The van der Waals surface area contributed by atoms with Crippen molar-refractivity contribution in [2.75, 3.05) is 7.11 Å². The van der Waals surface area contributed by atoms with E-state index in [0.717, 1.165) is 12.1 Å². The van der Waals surface area contributed by atoms with Gasteiger partial charge in [-0.15, -0.1) is 0 Å². The van der Waals surface area contributed by atoms with Gasteiger partial charge in [0, 0.05) is 23.4 Å². The minimum absolute atomic E-state index is 0.0372. The molecule has 1 rings (SSSR count). The minimum atomic E-state index is -3.83. The van der Waals surface area contributed by atoms with E-state index in [1.807, 2.05) is 0 Å². The van der Waals surface area contributed by atoms with Crippen LogP contribution in [0.3, 0.4) is 0 Å². The van der Waals surface area contributed by atoms with E-state index in [1.165, 1.54) is 7.11 Å². The second-order valence-electron chi connectivity index (χ2n) is 3.15. The van der Waals surface area contributed by atoms with Crippen molar-refractivity contribution in [2.24, 2.45) is 0 Å². The van der Waals surface area contributed by atoms with Crippen LogP contribution < -0.4 is 0 Å². The van der Waals surface area contributed by atoms with Crippen molar-refractivity contribution in [2.45, 2.75) is 12.4 Å². The first kappa shape index (κ1) is 13.3. The SMILES string of the molecule is COCc1c(F)cc(CS(=O)(=O)Cl)cc1F. The van der Waals surface area contributed by atoms with Gasteiger partial charge in [0.15, 0.2) is 0 Å². The molecule has 0 spiro atoms. The number of hydrogen-bond acceptors (Lipinski definition) is 3. The maximum absolute atomic E-state index is 13.3. The highest BCUT2D eigenvalue weighted by Gasteiger charge is 2.14. The molecule has 3 nitrogen and oxygen atoms in total. The molecule has 0 N–H and O–H groups in total. The monoisotopic (exact) mass is 270 g/mol. The highest BCUT2D eigenvalue weighted by molar-refractivity contribution is 8.13. The van der Waals surface area contributed by atoms with E-state index in [-0.39, 0.29) is 17.7 Å². The molecule has 0 radical (unpaired) electrons. The molecule has 1 aromatic rings. The average molecular weight is 271 g/mol. The average Bonchev–Trinajstić information content (AvgIpc) is 2.08. The molecule has 0 saturated heterocycles. The third kappa shape index (κ3) is 3.70. The van der Waals surface area contributed by atoms with E-state index in [2.05, 4.69) is 4.74 Å². The van der Waals surface area contributed by atoms with Crippen LogP contribution >= 0.6 is 10.7 Å². The summed E-state index contributed by atoms with van der Waals surface area (Å²) in [5.74, 6) is -2.32. The van der Waals surface area contributed by atoms with Gasteiger partial charge in [-0.3, -0.25) is 0 Å². The number of methoxy groups -OCH3 is 1. The summed E-state index contributed by atoms with van der Waals surface area (Å²) in [5, 5.41) is 0. The van der Waals surface area contributed by atoms with E-state index in [0.29, 0.717) is 0 Å². The summed E-state index contributed by atoms with van der Waals surface area (Å²) in [5.41, 5.74) is -0.275. The van der Waals surface area contributed by atoms with Crippen LogP contribution in [0.2, 0.25) is 0 Å². The van der Waals surface area contributed by atoms with E-state index < -0.39 is 26.4 Å². The molecule has 0 amide bonds. The van der Waals surface area contributed by atoms with Gasteiger partial charge in [-0.2, -0.15) is 0 Å². The van der Waals surface area contributed by atoms with Gasteiger partial charge in [0.1, 0.15) is 11.6 Å². The quantitative estimate of drug-likeness (QED) is 0.788. The Morgan fingerprint density at radius 3 is 2.19 bits per heavy atom. The molecular formula is C9H9ClF2O3S. The number of halogens is 3. The van der Waals surface area contributed by atoms with Gasteiger partial charge in [0.25, 0.3) is 0 Å². The van der Waals surface area contributed by atoms with Gasteiger partial charge in [-0.05, 0) is 17.7 Å². The molecule has 90 valence electrons. The van der Waals surface area contributed by atoms with Crippen molar-refractivity contribution in [1.29, 1.82) is 0 Å². The van der Waals surface area contributed by atoms with Crippen LogP contribution in [0.5, 0.6) is 0 Å². The Kier molecular flexibility index (Phi) is 4.23. The summed E-state index contributed by atoms with van der Waals surface area (Å²) in [4.78, 5) is 0. The lowest BCUT2D eigenvalue weighted by molar-refractivity contribution is 0.177. The number of ether oxygens (including phenoxy) is 1. The third-order valence-electron chi connectivity index (χ3n) is 1.83. The first-order chi connectivity index (χ1) is 7.33. The molecule has 0 heterocycles. The molecule has 0 unspecified atom stereocenters. The molecule has 0 atom stereocenters. The Morgan fingerprint density at radius 2 is 1.81 bits per heavy atom.